The standard InChI is InChI=1S/C19H10NO.Ir/c1-2-6-13-12(5-1)9-10-15-14-7-3-4-8-16(14)18-19(17(13)15)21-11-20-18;/h1-7,9-11H;/q-1;. The molecule has 0 bridgehead atoms. The van der Waals surface area contributed by atoms with E-state index in [-0.39, 0.29) is 20.1 Å². The molecule has 107 valence electrons. The molecule has 0 aliphatic rings. The van der Waals surface area contributed by atoms with Gasteiger partial charge in [-0.2, -0.15) is 0 Å². The van der Waals surface area contributed by atoms with E-state index in [1.807, 2.05) is 12.1 Å². The smallest absolute Gasteiger partial charge is 0.171 e. The molecule has 0 fully saturated rings. The summed E-state index contributed by atoms with van der Waals surface area (Å²) in [7, 11) is 0. The van der Waals surface area contributed by atoms with Crippen LogP contribution in [0.2, 0.25) is 0 Å². The minimum atomic E-state index is 0. The first-order valence-corrected chi connectivity index (χ1v) is 6.90. The molecule has 2 nitrogen and oxygen atoms in total. The van der Waals surface area contributed by atoms with Gasteiger partial charge in [-0.05, 0) is 16.2 Å². The fourth-order valence-corrected chi connectivity index (χ4v) is 3.20. The zero-order chi connectivity index (χ0) is 13.8. The molecule has 1 heterocycles. The van der Waals surface area contributed by atoms with Crippen LogP contribution < -0.4 is 0 Å². The molecule has 3 heteroatoms. The monoisotopic (exact) mass is 461 g/mol. The summed E-state index contributed by atoms with van der Waals surface area (Å²) in [5.74, 6) is 0. The van der Waals surface area contributed by atoms with Crippen molar-refractivity contribution in [2.24, 2.45) is 0 Å². The number of fused-ring (bicyclic) bond motifs is 8. The van der Waals surface area contributed by atoms with Crippen LogP contribution in [0.3, 0.4) is 0 Å². The number of aromatic nitrogens is 1. The third-order valence-corrected chi connectivity index (χ3v) is 4.11. The Bertz CT molecular complexity index is 1140. The molecular weight excluding hydrogens is 450 g/mol. The Hall–Kier alpha value is -2.22. The minimum Gasteiger partial charge on any atom is -0.454 e. The summed E-state index contributed by atoms with van der Waals surface area (Å²) in [6.07, 6.45) is 1.52. The first-order chi connectivity index (χ1) is 10.4. The first kappa shape index (κ1) is 13.4. The van der Waals surface area contributed by atoms with Crippen LogP contribution in [-0.2, 0) is 20.1 Å². The van der Waals surface area contributed by atoms with E-state index in [2.05, 4.69) is 53.5 Å². The molecule has 0 amide bonds. The molecular formula is C19H10IrNO-. The van der Waals surface area contributed by atoms with Crippen LogP contribution in [0.4, 0.5) is 0 Å². The Morgan fingerprint density at radius 1 is 0.864 bits per heavy atom. The fourth-order valence-electron chi connectivity index (χ4n) is 3.20. The summed E-state index contributed by atoms with van der Waals surface area (Å²) in [6.45, 7) is 0. The molecule has 0 N–H and O–H groups in total. The zero-order valence-corrected chi connectivity index (χ0v) is 13.9. The molecule has 0 unspecified atom stereocenters. The van der Waals surface area contributed by atoms with Gasteiger partial charge in [0.05, 0.1) is 0 Å². The van der Waals surface area contributed by atoms with Gasteiger partial charge in [0, 0.05) is 31.0 Å². The maximum absolute atomic E-state index is 5.72. The summed E-state index contributed by atoms with van der Waals surface area (Å²) in [5.41, 5.74) is 1.73. The summed E-state index contributed by atoms with van der Waals surface area (Å²) in [5, 5.41) is 6.91. The van der Waals surface area contributed by atoms with Gasteiger partial charge in [-0.1, -0.05) is 41.8 Å². The Balaban J connectivity index is 0.00000125. The van der Waals surface area contributed by atoms with E-state index in [0.29, 0.717) is 0 Å². The van der Waals surface area contributed by atoms with Crippen molar-refractivity contribution in [2.45, 2.75) is 0 Å². The second-order valence-corrected chi connectivity index (χ2v) is 5.20. The molecule has 1 aromatic heterocycles. The van der Waals surface area contributed by atoms with Gasteiger partial charge in [-0.25, -0.2) is 0 Å². The molecule has 5 rings (SSSR count). The predicted octanol–water partition coefficient (Wildman–Crippen LogP) is 5.09. The van der Waals surface area contributed by atoms with Gasteiger partial charge in [-0.15, -0.1) is 29.7 Å². The van der Waals surface area contributed by atoms with E-state index >= 15 is 0 Å². The molecule has 0 aliphatic heterocycles. The number of hydrogen-bond donors (Lipinski definition) is 0. The van der Waals surface area contributed by atoms with E-state index < -0.39 is 0 Å². The maximum Gasteiger partial charge on any atom is 0.171 e. The molecule has 1 radical (unpaired) electrons. The average Bonchev–Trinajstić information content (AvgIpc) is 3.04. The van der Waals surface area contributed by atoms with Crippen LogP contribution >= 0.6 is 0 Å². The zero-order valence-electron chi connectivity index (χ0n) is 11.5. The Morgan fingerprint density at radius 3 is 2.68 bits per heavy atom. The van der Waals surface area contributed by atoms with Gasteiger partial charge in [0.2, 0.25) is 0 Å². The van der Waals surface area contributed by atoms with Crippen molar-refractivity contribution in [3.8, 4) is 0 Å². The largest absolute Gasteiger partial charge is 0.454 e. The van der Waals surface area contributed by atoms with Crippen molar-refractivity contribution in [3.63, 3.8) is 0 Å². The van der Waals surface area contributed by atoms with E-state index in [9.17, 15) is 0 Å². The number of nitrogens with zero attached hydrogens (tertiary/aromatic N) is 1. The maximum atomic E-state index is 5.72. The Kier molecular flexibility index (Phi) is 3.00. The van der Waals surface area contributed by atoms with Crippen LogP contribution in [0.1, 0.15) is 0 Å². The van der Waals surface area contributed by atoms with Crippen LogP contribution in [-0.4, -0.2) is 4.98 Å². The second kappa shape index (κ2) is 4.91. The summed E-state index contributed by atoms with van der Waals surface area (Å²) < 4.78 is 5.72. The van der Waals surface area contributed by atoms with Gasteiger partial charge in [0.15, 0.2) is 6.39 Å². The normalized spacial score (nSPS) is 11.3. The van der Waals surface area contributed by atoms with Crippen molar-refractivity contribution in [1.29, 1.82) is 0 Å². The van der Waals surface area contributed by atoms with Gasteiger partial charge < -0.3 is 4.42 Å². The third-order valence-electron chi connectivity index (χ3n) is 4.11. The van der Waals surface area contributed by atoms with Gasteiger partial charge in [0.1, 0.15) is 5.58 Å². The topological polar surface area (TPSA) is 26.0 Å². The number of hydrogen-bond acceptors (Lipinski definition) is 2. The minimum absolute atomic E-state index is 0. The van der Waals surface area contributed by atoms with E-state index in [0.717, 1.165) is 21.9 Å². The molecule has 22 heavy (non-hydrogen) atoms. The van der Waals surface area contributed by atoms with Gasteiger partial charge in [0.25, 0.3) is 0 Å². The molecule has 0 saturated heterocycles. The van der Waals surface area contributed by atoms with E-state index in [1.165, 1.54) is 27.9 Å². The predicted molar refractivity (Wildman–Crippen MR) is 85.4 cm³/mol. The summed E-state index contributed by atoms with van der Waals surface area (Å²) in [6, 6.07) is 22.1. The molecule has 4 aromatic carbocycles. The van der Waals surface area contributed by atoms with Crippen molar-refractivity contribution in [3.05, 3.63) is 67.1 Å². The first-order valence-electron chi connectivity index (χ1n) is 6.90. The number of benzene rings is 4. The van der Waals surface area contributed by atoms with E-state index in [4.69, 9.17) is 4.42 Å². The molecule has 0 spiro atoms. The Labute approximate surface area is 140 Å². The quantitative estimate of drug-likeness (QED) is 0.238. The van der Waals surface area contributed by atoms with Crippen molar-refractivity contribution >= 4 is 43.4 Å². The summed E-state index contributed by atoms with van der Waals surface area (Å²) >= 11 is 0. The molecule has 0 atom stereocenters. The van der Waals surface area contributed by atoms with Crippen molar-refractivity contribution in [2.75, 3.05) is 0 Å². The van der Waals surface area contributed by atoms with Crippen LogP contribution in [0.5, 0.6) is 0 Å². The van der Waals surface area contributed by atoms with Gasteiger partial charge in [-0.3, -0.25) is 4.98 Å². The van der Waals surface area contributed by atoms with Crippen LogP contribution in [0.25, 0.3) is 43.4 Å². The van der Waals surface area contributed by atoms with Crippen molar-refractivity contribution in [1.82, 2.24) is 4.98 Å². The molecule has 5 aromatic rings. The Morgan fingerprint density at radius 2 is 1.73 bits per heavy atom. The third kappa shape index (κ3) is 1.67. The summed E-state index contributed by atoms with van der Waals surface area (Å²) in [4.78, 5) is 4.41. The van der Waals surface area contributed by atoms with E-state index in [1.54, 1.807) is 0 Å². The fraction of sp³-hybridized carbons (Fsp3) is 0. The number of oxazole rings is 1. The average molecular weight is 461 g/mol. The van der Waals surface area contributed by atoms with Crippen molar-refractivity contribution < 1.29 is 24.5 Å². The molecule has 0 aliphatic carbocycles. The second-order valence-electron chi connectivity index (χ2n) is 5.20. The van der Waals surface area contributed by atoms with Gasteiger partial charge >= 0.3 is 0 Å². The SMILES string of the molecule is [Ir].[c-]1cccc2c1c1ncoc1c1c3ccccc3ccc21. The van der Waals surface area contributed by atoms with Crippen LogP contribution in [0.15, 0.2) is 65.4 Å². The number of rotatable bonds is 0. The molecule has 0 saturated carbocycles. The van der Waals surface area contributed by atoms with Crippen LogP contribution in [0, 0.1) is 6.07 Å².